The van der Waals surface area contributed by atoms with Crippen molar-refractivity contribution in [2.75, 3.05) is 25.7 Å². The Morgan fingerprint density at radius 1 is 1.31 bits per heavy atom. The molecule has 7 nitrogen and oxygen atoms in total. The van der Waals surface area contributed by atoms with Gasteiger partial charge in [-0.3, -0.25) is 0 Å². The SMILES string of the molecule is CCNC(=NCc1csc(-c2ccc(OC)cc2)n1)NC(C)CCS(C)(=O)=O.I. The Balaban J connectivity index is 0.00000420. The van der Waals surface area contributed by atoms with Gasteiger partial charge in [-0.1, -0.05) is 0 Å². The number of thiazole rings is 1. The summed E-state index contributed by atoms with van der Waals surface area (Å²) >= 11 is 1.58. The van der Waals surface area contributed by atoms with E-state index in [0.717, 1.165) is 28.6 Å². The number of aliphatic imine (C=N–C) groups is 1. The molecule has 0 amide bonds. The van der Waals surface area contributed by atoms with Crippen LogP contribution in [0.1, 0.15) is 26.0 Å². The van der Waals surface area contributed by atoms with Crippen LogP contribution < -0.4 is 15.4 Å². The Morgan fingerprint density at radius 2 is 2.00 bits per heavy atom. The van der Waals surface area contributed by atoms with Gasteiger partial charge in [-0.15, -0.1) is 35.3 Å². The first kappa shape index (κ1) is 25.6. The van der Waals surface area contributed by atoms with Crippen LogP contribution in [0.4, 0.5) is 0 Å². The highest BCUT2D eigenvalue weighted by Gasteiger charge is 2.10. The molecule has 29 heavy (non-hydrogen) atoms. The number of aromatic nitrogens is 1. The van der Waals surface area contributed by atoms with E-state index in [2.05, 4.69) is 20.6 Å². The molecule has 0 spiro atoms. The number of sulfone groups is 1. The Labute approximate surface area is 194 Å². The monoisotopic (exact) mass is 552 g/mol. The molecule has 1 atom stereocenters. The average Bonchev–Trinajstić information content (AvgIpc) is 3.13. The summed E-state index contributed by atoms with van der Waals surface area (Å²) in [6.07, 6.45) is 1.78. The fourth-order valence-electron chi connectivity index (χ4n) is 2.42. The van der Waals surface area contributed by atoms with Gasteiger partial charge in [-0.2, -0.15) is 0 Å². The number of guanidine groups is 1. The average molecular weight is 553 g/mol. The molecule has 1 heterocycles. The van der Waals surface area contributed by atoms with E-state index in [9.17, 15) is 8.42 Å². The van der Waals surface area contributed by atoms with Crippen LogP contribution >= 0.6 is 35.3 Å². The fraction of sp³-hybridized carbons (Fsp3) is 0.474. The third kappa shape index (κ3) is 9.30. The summed E-state index contributed by atoms with van der Waals surface area (Å²) < 4.78 is 27.8. The second-order valence-corrected chi connectivity index (χ2v) is 9.65. The lowest BCUT2D eigenvalue weighted by Crippen LogP contribution is -2.42. The molecule has 162 valence electrons. The molecule has 0 aliphatic carbocycles. The van der Waals surface area contributed by atoms with Crippen molar-refractivity contribution in [1.82, 2.24) is 15.6 Å². The third-order valence-corrected chi connectivity index (χ3v) is 5.85. The normalized spacial score (nSPS) is 12.8. The van der Waals surface area contributed by atoms with Gasteiger partial charge in [-0.25, -0.2) is 18.4 Å². The number of rotatable bonds is 9. The Morgan fingerprint density at radius 3 is 2.59 bits per heavy atom. The van der Waals surface area contributed by atoms with Crippen molar-refractivity contribution >= 4 is 51.1 Å². The topological polar surface area (TPSA) is 92.7 Å². The van der Waals surface area contributed by atoms with E-state index in [1.54, 1.807) is 18.4 Å². The summed E-state index contributed by atoms with van der Waals surface area (Å²) in [6, 6.07) is 7.80. The van der Waals surface area contributed by atoms with Gasteiger partial charge in [0, 0.05) is 29.8 Å². The number of nitrogens with one attached hydrogen (secondary N) is 2. The number of ether oxygens (including phenoxy) is 1. The highest BCUT2D eigenvalue weighted by Crippen LogP contribution is 2.25. The number of methoxy groups -OCH3 is 1. The number of hydrogen-bond acceptors (Lipinski definition) is 6. The van der Waals surface area contributed by atoms with Crippen molar-refractivity contribution in [3.63, 3.8) is 0 Å². The molecule has 0 bridgehead atoms. The standard InChI is InChI=1S/C19H28N4O3S2.HI/c1-5-20-19(22-14(2)10-11-28(4,24)25)21-12-16-13-27-18(23-16)15-6-8-17(26-3)9-7-15;/h6-9,13-14H,5,10-12H2,1-4H3,(H2,20,21,22);1H. The van der Waals surface area contributed by atoms with Crippen LogP contribution in [0.15, 0.2) is 34.6 Å². The zero-order chi connectivity index (χ0) is 20.6. The molecule has 0 saturated carbocycles. The van der Waals surface area contributed by atoms with Crippen LogP contribution in [0.5, 0.6) is 5.75 Å². The summed E-state index contributed by atoms with van der Waals surface area (Å²) in [5.74, 6) is 1.62. The molecule has 2 aromatic rings. The van der Waals surface area contributed by atoms with Crippen LogP contribution in [0, 0.1) is 0 Å². The van der Waals surface area contributed by atoms with E-state index in [0.29, 0.717) is 18.9 Å². The number of hydrogen-bond donors (Lipinski definition) is 2. The maximum Gasteiger partial charge on any atom is 0.191 e. The number of halogens is 1. The van der Waals surface area contributed by atoms with E-state index in [1.807, 2.05) is 43.5 Å². The summed E-state index contributed by atoms with van der Waals surface area (Å²) in [5, 5.41) is 9.37. The quantitative estimate of drug-likeness (QED) is 0.282. The van der Waals surface area contributed by atoms with Gasteiger partial charge < -0.3 is 15.4 Å². The molecule has 2 N–H and O–H groups in total. The van der Waals surface area contributed by atoms with Crippen LogP contribution in [-0.4, -0.2) is 51.1 Å². The smallest absolute Gasteiger partial charge is 0.191 e. The van der Waals surface area contributed by atoms with Crippen molar-refractivity contribution in [2.45, 2.75) is 32.9 Å². The van der Waals surface area contributed by atoms with Gasteiger partial charge in [0.1, 0.15) is 20.6 Å². The molecule has 2 rings (SSSR count). The highest BCUT2D eigenvalue weighted by atomic mass is 127. The molecule has 0 fully saturated rings. The first-order valence-electron chi connectivity index (χ1n) is 9.12. The predicted molar refractivity (Wildman–Crippen MR) is 131 cm³/mol. The second-order valence-electron chi connectivity index (χ2n) is 6.53. The summed E-state index contributed by atoms with van der Waals surface area (Å²) in [6.45, 7) is 5.10. The van der Waals surface area contributed by atoms with Gasteiger partial charge in [0.2, 0.25) is 0 Å². The van der Waals surface area contributed by atoms with Gasteiger partial charge in [0.15, 0.2) is 5.96 Å². The molecule has 10 heteroatoms. The van der Waals surface area contributed by atoms with Crippen molar-refractivity contribution in [3.05, 3.63) is 35.3 Å². The zero-order valence-corrected chi connectivity index (χ0v) is 21.1. The lowest BCUT2D eigenvalue weighted by molar-refractivity contribution is 0.415. The van der Waals surface area contributed by atoms with Crippen LogP contribution in [0.25, 0.3) is 10.6 Å². The maximum absolute atomic E-state index is 11.3. The number of benzene rings is 1. The predicted octanol–water partition coefficient (Wildman–Crippen LogP) is 3.32. The molecule has 0 aliphatic rings. The van der Waals surface area contributed by atoms with Crippen molar-refractivity contribution < 1.29 is 13.2 Å². The van der Waals surface area contributed by atoms with Crippen LogP contribution in [-0.2, 0) is 16.4 Å². The van der Waals surface area contributed by atoms with Gasteiger partial charge in [0.05, 0.1) is 25.1 Å². The van der Waals surface area contributed by atoms with Crippen molar-refractivity contribution in [1.29, 1.82) is 0 Å². The Bertz CT molecular complexity index is 883. The Kier molecular flexibility index (Phi) is 10.9. The van der Waals surface area contributed by atoms with Crippen LogP contribution in [0.3, 0.4) is 0 Å². The molecule has 1 aromatic carbocycles. The molecular weight excluding hydrogens is 523 g/mol. The molecular formula is C19H29IN4O3S2. The highest BCUT2D eigenvalue weighted by molar-refractivity contribution is 14.0. The van der Waals surface area contributed by atoms with Crippen molar-refractivity contribution in [2.24, 2.45) is 4.99 Å². The summed E-state index contributed by atoms with van der Waals surface area (Å²) in [5.41, 5.74) is 1.93. The molecule has 0 saturated heterocycles. The lowest BCUT2D eigenvalue weighted by Gasteiger charge is -2.17. The first-order valence-corrected chi connectivity index (χ1v) is 12.1. The summed E-state index contributed by atoms with van der Waals surface area (Å²) in [7, 11) is -1.32. The molecule has 1 aromatic heterocycles. The first-order chi connectivity index (χ1) is 13.3. The molecule has 1 unspecified atom stereocenters. The minimum atomic E-state index is -2.97. The third-order valence-electron chi connectivity index (χ3n) is 3.94. The summed E-state index contributed by atoms with van der Waals surface area (Å²) in [4.78, 5) is 9.22. The molecule has 0 radical (unpaired) electrons. The second kappa shape index (κ2) is 12.3. The van der Waals surface area contributed by atoms with E-state index in [4.69, 9.17) is 4.74 Å². The lowest BCUT2D eigenvalue weighted by atomic mass is 10.2. The minimum Gasteiger partial charge on any atom is -0.497 e. The van der Waals surface area contributed by atoms with Gasteiger partial charge in [-0.05, 0) is 44.5 Å². The van der Waals surface area contributed by atoms with E-state index >= 15 is 0 Å². The minimum absolute atomic E-state index is 0. The van der Waals surface area contributed by atoms with Crippen molar-refractivity contribution in [3.8, 4) is 16.3 Å². The molecule has 0 aliphatic heterocycles. The van der Waals surface area contributed by atoms with E-state index < -0.39 is 9.84 Å². The Hall–Kier alpha value is -1.40. The fourth-order valence-corrected chi connectivity index (χ4v) is 4.02. The largest absolute Gasteiger partial charge is 0.497 e. The van der Waals surface area contributed by atoms with Gasteiger partial charge >= 0.3 is 0 Å². The van der Waals surface area contributed by atoms with Crippen LogP contribution in [0.2, 0.25) is 0 Å². The zero-order valence-electron chi connectivity index (χ0n) is 17.1. The maximum atomic E-state index is 11.3. The van der Waals surface area contributed by atoms with E-state index in [-0.39, 0.29) is 35.8 Å². The van der Waals surface area contributed by atoms with Gasteiger partial charge in [0.25, 0.3) is 0 Å². The van der Waals surface area contributed by atoms with E-state index in [1.165, 1.54) is 6.26 Å². The number of nitrogens with zero attached hydrogens (tertiary/aromatic N) is 2.